The third-order valence-corrected chi connectivity index (χ3v) is 16.3. The topological polar surface area (TPSA) is 214 Å². The lowest BCUT2D eigenvalue weighted by Gasteiger charge is -2.48. The number of aliphatic hydroxyl groups excluding tert-OH is 3. The minimum atomic E-state index is -4.15. The van der Waals surface area contributed by atoms with Crippen LogP contribution in [0.3, 0.4) is 0 Å². The summed E-state index contributed by atoms with van der Waals surface area (Å²) in [7, 11) is 0.546. The summed E-state index contributed by atoms with van der Waals surface area (Å²) in [4.78, 5) is 16.4. The van der Waals surface area contributed by atoms with Crippen molar-refractivity contribution in [2.75, 3.05) is 27.7 Å². The number of cyclic esters (lactones) is 1. The number of esters is 1. The van der Waals surface area contributed by atoms with Crippen LogP contribution < -0.4 is 0 Å². The smallest absolute Gasteiger partial charge is 0.311 e. The van der Waals surface area contributed by atoms with Crippen molar-refractivity contribution in [2.24, 2.45) is 17.8 Å². The molecule has 2 aromatic rings. The first kappa shape index (κ1) is 52.6. The summed E-state index contributed by atoms with van der Waals surface area (Å²) in [6, 6.07) is 10.7. The molecule has 3 aliphatic rings. The molecule has 0 aliphatic carbocycles. The number of nitrogens with zero attached hydrogens (tertiary/aromatic N) is 2. The van der Waals surface area contributed by atoms with Crippen LogP contribution in [0.1, 0.15) is 94.9 Å². The van der Waals surface area contributed by atoms with E-state index in [-0.39, 0.29) is 36.5 Å². The number of sulfonamides is 1. The zero-order valence-corrected chi connectivity index (χ0v) is 40.8. The minimum Gasteiger partial charge on any atom is -0.459 e. The monoisotopic (exact) mass is 925 g/mol. The predicted molar refractivity (Wildman–Crippen MR) is 239 cm³/mol. The van der Waals surface area contributed by atoms with E-state index in [4.69, 9.17) is 28.4 Å². The van der Waals surface area contributed by atoms with E-state index < -0.39 is 118 Å². The molecule has 5 N–H and O–H groups in total. The van der Waals surface area contributed by atoms with Crippen LogP contribution in [0.25, 0.3) is 10.8 Å². The summed E-state index contributed by atoms with van der Waals surface area (Å²) in [6.07, 6.45) is -10.8. The molecule has 3 fully saturated rings. The van der Waals surface area contributed by atoms with E-state index in [0.717, 1.165) is 15.1 Å². The summed E-state index contributed by atoms with van der Waals surface area (Å²) < 4.78 is 67.4. The van der Waals surface area contributed by atoms with Gasteiger partial charge in [0.15, 0.2) is 12.6 Å². The first-order valence-electron chi connectivity index (χ1n) is 22.7. The molecule has 5 rings (SSSR count). The summed E-state index contributed by atoms with van der Waals surface area (Å²) >= 11 is 0. The molecule has 364 valence electrons. The summed E-state index contributed by atoms with van der Waals surface area (Å²) in [5.74, 6) is -3.06. The van der Waals surface area contributed by atoms with Crippen molar-refractivity contribution < 1.29 is 67.2 Å². The van der Waals surface area contributed by atoms with Gasteiger partial charge in [-0.1, -0.05) is 51.1 Å². The number of carbonyl (C=O) groups is 1. The molecule has 0 saturated carbocycles. The van der Waals surface area contributed by atoms with Crippen LogP contribution in [0, 0.1) is 17.8 Å². The minimum absolute atomic E-state index is 0.0562. The fourth-order valence-electron chi connectivity index (χ4n) is 10.3. The van der Waals surface area contributed by atoms with Crippen LogP contribution in [-0.4, -0.2) is 167 Å². The molecule has 3 saturated heterocycles. The molecule has 0 amide bonds. The van der Waals surface area contributed by atoms with Crippen molar-refractivity contribution in [1.29, 1.82) is 0 Å². The van der Waals surface area contributed by atoms with Gasteiger partial charge in [-0.25, -0.2) is 8.42 Å². The molecular weight excluding hydrogens is 849 g/mol. The molecule has 16 nitrogen and oxygen atoms in total. The second-order valence-electron chi connectivity index (χ2n) is 19.7. The number of hydrogen-bond donors (Lipinski definition) is 5. The van der Waals surface area contributed by atoms with Crippen LogP contribution in [0.5, 0.6) is 0 Å². The molecule has 64 heavy (non-hydrogen) atoms. The second kappa shape index (κ2) is 20.5. The summed E-state index contributed by atoms with van der Waals surface area (Å²) in [5.41, 5.74) is -4.69. The van der Waals surface area contributed by atoms with E-state index in [1.54, 1.807) is 74.6 Å². The van der Waals surface area contributed by atoms with Crippen LogP contribution in [0.15, 0.2) is 47.4 Å². The Bertz CT molecular complexity index is 1990. The Morgan fingerprint density at radius 1 is 0.906 bits per heavy atom. The Morgan fingerprint density at radius 3 is 2.17 bits per heavy atom. The van der Waals surface area contributed by atoms with Crippen molar-refractivity contribution >= 4 is 26.8 Å². The molecule has 0 aromatic heterocycles. The number of fused-ring (bicyclic) bond motifs is 1. The number of aliphatic hydroxyl groups is 5. The Hall–Kier alpha value is -2.36. The molecule has 2 aromatic carbocycles. The lowest BCUT2D eigenvalue weighted by atomic mass is 9.77. The highest BCUT2D eigenvalue weighted by molar-refractivity contribution is 7.89. The highest BCUT2D eigenvalue weighted by Crippen LogP contribution is 2.41. The summed E-state index contributed by atoms with van der Waals surface area (Å²) in [5, 5.41) is 61.0. The average molecular weight is 925 g/mol. The highest BCUT2D eigenvalue weighted by atomic mass is 32.2. The second-order valence-corrected chi connectivity index (χ2v) is 21.7. The lowest BCUT2D eigenvalue weighted by Crippen LogP contribution is -2.61. The maximum absolute atomic E-state index is 14.4. The fraction of sp³-hybridized carbons (Fsp3) is 0.766. The van der Waals surface area contributed by atoms with Gasteiger partial charge in [0.2, 0.25) is 10.0 Å². The van der Waals surface area contributed by atoms with Gasteiger partial charge < -0.3 is 58.9 Å². The molecule has 0 radical (unpaired) electrons. The van der Waals surface area contributed by atoms with E-state index in [0.29, 0.717) is 6.54 Å². The van der Waals surface area contributed by atoms with E-state index in [2.05, 4.69) is 0 Å². The molecule has 0 bridgehead atoms. The van der Waals surface area contributed by atoms with Crippen molar-refractivity contribution in [1.82, 2.24) is 9.21 Å². The predicted octanol–water partition coefficient (Wildman–Crippen LogP) is 3.81. The number of likely N-dealkylation sites (N-methyl/N-ethyl adjacent to an activating group) is 2. The van der Waals surface area contributed by atoms with E-state index in [9.17, 15) is 38.7 Å². The van der Waals surface area contributed by atoms with Gasteiger partial charge in [0.05, 0.1) is 52.5 Å². The SMILES string of the molecule is CC[C@H]1OC(=O)[C@H](C)[C@@H](O[C@H]2C[C@@](C)(OC)[C@@H](O)[C@H](C)O2)C(C)[C@@H](O[C@@H]2O[C@H](C)C[C@H](N(C)S(=O)(=O)c3ccc4ccccc4c3)[C@H]2O)[C@](C)(O)C[C@@H](C)CN(C)[C@H](C)[C@@H](O)[C@]1(C)O. The van der Waals surface area contributed by atoms with Gasteiger partial charge in [-0.15, -0.1) is 0 Å². The maximum Gasteiger partial charge on any atom is 0.311 e. The van der Waals surface area contributed by atoms with Gasteiger partial charge in [0.25, 0.3) is 0 Å². The molecule has 17 heteroatoms. The highest BCUT2D eigenvalue weighted by Gasteiger charge is 2.53. The van der Waals surface area contributed by atoms with Gasteiger partial charge in [-0.05, 0) is 104 Å². The van der Waals surface area contributed by atoms with Crippen molar-refractivity contribution in [3.8, 4) is 0 Å². The van der Waals surface area contributed by atoms with E-state index in [1.165, 1.54) is 27.1 Å². The van der Waals surface area contributed by atoms with Crippen molar-refractivity contribution in [3.63, 3.8) is 0 Å². The van der Waals surface area contributed by atoms with E-state index >= 15 is 0 Å². The molecule has 3 heterocycles. The number of benzene rings is 2. The van der Waals surface area contributed by atoms with Gasteiger partial charge in [0.1, 0.15) is 30.0 Å². The van der Waals surface area contributed by atoms with Crippen LogP contribution in [-0.2, 0) is 43.2 Å². The first-order valence-corrected chi connectivity index (χ1v) is 24.2. The normalized spacial score (nSPS) is 42.8. The van der Waals surface area contributed by atoms with Gasteiger partial charge in [0, 0.05) is 39.1 Å². The standard InChI is InChI=1S/C47H76N2O14S/c1-14-36-47(10,55)40(51)30(6)48(11)25-26(2)23-45(8,54)42(28(4)39(29(5)43(53)61-36)62-37-24-46(9,58-13)41(52)31(7)60-37)63-44-38(50)35(21-27(3)59-44)49(12)64(56,57)34-20-19-32-17-15-16-18-33(32)22-34/h15-20,22,26-31,35-42,44,50-52,54-55H,14,21,23-25H2,1-13H3/t26-,27-,28?,29-,30-,31+,35+,36-,37+,38-,39+,40-,41+,42-,44+,45-,46-,47-/m1/s1. The van der Waals surface area contributed by atoms with Crippen molar-refractivity contribution in [2.45, 2.75) is 190 Å². The van der Waals surface area contributed by atoms with E-state index in [1.807, 2.05) is 36.1 Å². The molecular formula is C47H76N2O14S. The maximum atomic E-state index is 14.4. The largest absolute Gasteiger partial charge is 0.459 e. The van der Waals surface area contributed by atoms with Gasteiger partial charge in [-0.3, -0.25) is 4.79 Å². The molecule has 1 unspecified atom stereocenters. The zero-order chi connectivity index (χ0) is 47.9. The number of ether oxygens (including phenoxy) is 6. The Labute approximate surface area is 380 Å². The van der Waals surface area contributed by atoms with Gasteiger partial charge in [-0.2, -0.15) is 4.31 Å². The average Bonchev–Trinajstić information content (AvgIpc) is 3.24. The number of hydrogen-bond acceptors (Lipinski definition) is 15. The zero-order valence-electron chi connectivity index (χ0n) is 40.0. The molecule has 18 atom stereocenters. The third kappa shape index (κ3) is 11.0. The first-order chi connectivity index (χ1) is 29.7. The van der Waals surface area contributed by atoms with Crippen LogP contribution >= 0.6 is 0 Å². The quantitative estimate of drug-likeness (QED) is 0.226. The fourth-order valence-corrected chi connectivity index (χ4v) is 11.7. The van der Waals surface area contributed by atoms with Crippen LogP contribution in [0.2, 0.25) is 0 Å². The van der Waals surface area contributed by atoms with Crippen molar-refractivity contribution in [3.05, 3.63) is 42.5 Å². The number of methoxy groups -OCH3 is 1. The molecule has 3 aliphatic heterocycles. The number of carbonyl (C=O) groups excluding carboxylic acids is 1. The molecule has 0 spiro atoms. The Morgan fingerprint density at radius 2 is 1.55 bits per heavy atom. The Balaban J connectivity index is 1.57. The third-order valence-electron chi connectivity index (χ3n) is 14.4. The number of rotatable bonds is 9. The summed E-state index contributed by atoms with van der Waals surface area (Å²) in [6.45, 7) is 17.4. The van der Waals surface area contributed by atoms with Gasteiger partial charge >= 0.3 is 5.97 Å². The van der Waals surface area contributed by atoms with Crippen LogP contribution in [0.4, 0.5) is 0 Å². The Kier molecular flexibility index (Phi) is 16.8. The lowest BCUT2D eigenvalue weighted by molar-refractivity contribution is -0.317.